The highest BCUT2D eigenvalue weighted by molar-refractivity contribution is 8.13. The van der Waals surface area contributed by atoms with Gasteiger partial charge < -0.3 is 32.9 Å². The summed E-state index contributed by atoms with van der Waals surface area (Å²) in [4.78, 5) is 85.4. The van der Waals surface area contributed by atoms with E-state index in [9.17, 15) is 33.3 Å². The molecule has 4 amide bonds. The van der Waals surface area contributed by atoms with Gasteiger partial charge in [-0.3, -0.25) is 9.59 Å². The van der Waals surface area contributed by atoms with E-state index in [1.54, 1.807) is 83.1 Å². The normalized spacial score (nSPS) is 12.7. The van der Waals surface area contributed by atoms with Crippen LogP contribution in [0.2, 0.25) is 0 Å². The highest BCUT2D eigenvalue weighted by Crippen LogP contribution is 2.44. The maximum Gasteiger partial charge on any atom is 0.427 e. The lowest BCUT2D eigenvalue weighted by atomic mass is 10.2. The highest BCUT2D eigenvalue weighted by Gasteiger charge is 2.39. The Balaban J connectivity index is 4.03. The van der Waals surface area contributed by atoms with E-state index in [4.69, 9.17) is 28.4 Å². The average molecular weight is 776 g/mol. The highest BCUT2D eigenvalue weighted by atomic mass is 32.0. The summed E-state index contributed by atoms with van der Waals surface area (Å²) in [6.07, 6.45) is -3.68. The van der Waals surface area contributed by atoms with Crippen molar-refractivity contribution < 1.29 is 66.3 Å². The minimum Gasteiger partial charge on any atom is -0.473 e. The number of hydrogen-bond acceptors (Lipinski definition) is 16. The first-order valence-corrected chi connectivity index (χ1v) is 18.9. The molecule has 0 saturated carbocycles. The maximum atomic E-state index is 13.5. The third-order valence-corrected chi connectivity index (χ3v) is 7.42. The van der Waals surface area contributed by atoms with Crippen molar-refractivity contribution >= 4 is 64.6 Å². The number of esters is 1. The van der Waals surface area contributed by atoms with Crippen LogP contribution in [0.5, 0.6) is 5.88 Å². The van der Waals surface area contributed by atoms with Gasteiger partial charge in [-0.2, -0.15) is 14.9 Å². The molecule has 1 aromatic heterocycles. The van der Waals surface area contributed by atoms with Crippen molar-refractivity contribution in [2.45, 2.75) is 112 Å². The van der Waals surface area contributed by atoms with E-state index in [1.165, 1.54) is 13.0 Å². The van der Waals surface area contributed by atoms with Gasteiger partial charge in [-0.05, 0) is 89.2 Å². The van der Waals surface area contributed by atoms with Gasteiger partial charge in [0.25, 0.3) is 6.47 Å². The van der Waals surface area contributed by atoms with E-state index >= 15 is 0 Å². The smallest absolute Gasteiger partial charge is 0.427 e. The Bertz CT molecular complexity index is 1390. The minimum absolute atomic E-state index is 0.0853. The molecule has 2 atom stereocenters. The molecule has 0 saturated heterocycles. The second-order valence-corrected chi connectivity index (χ2v) is 18.3. The fourth-order valence-corrected chi connectivity index (χ4v) is 4.91. The molecule has 0 aliphatic carbocycles. The summed E-state index contributed by atoms with van der Waals surface area (Å²) in [6.45, 7) is 19.3. The van der Waals surface area contributed by atoms with Crippen LogP contribution >= 0.6 is 16.0 Å². The molecule has 1 rings (SSSR count). The lowest BCUT2D eigenvalue weighted by molar-refractivity contribution is -0.140. The number of carbonyl (C=O) groups is 6. The number of hydrogen-bond donors (Lipinski definition) is 0. The Morgan fingerprint density at radius 1 is 0.731 bits per heavy atom. The molecule has 1 heterocycles. The number of carbonyl (C=O) groups excluding carboxylic acids is 6. The van der Waals surface area contributed by atoms with Gasteiger partial charge in [0, 0.05) is 18.6 Å². The first-order valence-electron chi connectivity index (χ1n) is 15.8. The monoisotopic (exact) mass is 775 g/mol. The van der Waals surface area contributed by atoms with Crippen LogP contribution in [0.3, 0.4) is 0 Å². The molecule has 0 fully saturated rings. The Morgan fingerprint density at radius 2 is 1.17 bits per heavy atom. The number of rotatable bonds is 12. The van der Waals surface area contributed by atoms with E-state index in [0.29, 0.717) is 9.80 Å². The van der Waals surface area contributed by atoms with Crippen LogP contribution in [0.1, 0.15) is 90.0 Å². The maximum absolute atomic E-state index is 13.5. The molecule has 0 aromatic carbocycles. The molecule has 0 radical (unpaired) electrons. The second kappa shape index (κ2) is 18.9. The van der Waals surface area contributed by atoms with Gasteiger partial charge in [0.15, 0.2) is 12.0 Å². The number of amides is 4. The zero-order valence-electron chi connectivity index (χ0n) is 31.8. The molecule has 0 spiro atoms. The van der Waals surface area contributed by atoms with Gasteiger partial charge in [-0.25, -0.2) is 19.2 Å². The molecule has 0 aliphatic rings. The molecule has 18 nitrogen and oxygen atoms in total. The predicted molar refractivity (Wildman–Crippen MR) is 190 cm³/mol. The fraction of sp³-hybridized carbons (Fsp3) is 0.625. The first kappa shape index (κ1) is 45.6. The van der Waals surface area contributed by atoms with Crippen LogP contribution in [0.15, 0.2) is 17.7 Å². The summed E-state index contributed by atoms with van der Waals surface area (Å²) in [6, 6.07) is 1.03. The number of allylic oxidation sites excluding steroid dienone is 1. The SMILES string of the molecule is CC(=O)OCC(=CC[P+](=O)POC=O)COc1cc(N(C(=O)OC(C)(C)C)C(=O)OC(C)(C)C)nc(N(C(=O)OC(C)(C)C)C(=O)OC(C)(C)C)n1. The number of aromatic nitrogens is 2. The van der Waals surface area contributed by atoms with Crippen molar-refractivity contribution in [1.82, 2.24) is 9.97 Å². The molecule has 52 heavy (non-hydrogen) atoms. The number of nitrogens with zero attached hydrogens (tertiary/aromatic N) is 4. The van der Waals surface area contributed by atoms with Crippen LogP contribution in [0, 0.1) is 0 Å². The van der Waals surface area contributed by atoms with E-state index in [-0.39, 0.29) is 24.8 Å². The summed E-state index contributed by atoms with van der Waals surface area (Å²) >= 11 is 0. The number of imide groups is 2. The van der Waals surface area contributed by atoms with Crippen molar-refractivity contribution in [1.29, 1.82) is 0 Å². The van der Waals surface area contributed by atoms with Crippen molar-refractivity contribution in [3.05, 3.63) is 17.7 Å². The fourth-order valence-electron chi connectivity index (χ4n) is 3.27. The van der Waals surface area contributed by atoms with Gasteiger partial charge in [-0.1, -0.05) is 4.57 Å². The Labute approximate surface area is 305 Å². The van der Waals surface area contributed by atoms with Crippen LogP contribution in [0.25, 0.3) is 0 Å². The molecular weight excluding hydrogens is 726 g/mol. The summed E-state index contributed by atoms with van der Waals surface area (Å²) in [5.41, 5.74) is -4.20. The molecule has 0 aliphatic heterocycles. The van der Waals surface area contributed by atoms with Crippen LogP contribution in [-0.4, -0.2) is 88.6 Å². The van der Waals surface area contributed by atoms with E-state index in [0.717, 1.165) is 6.07 Å². The first-order chi connectivity index (χ1) is 23.6. The van der Waals surface area contributed by atoms with Gasteiger partial charge >= 0.3 is 46.3 Å². The van der Waals surface area contributed by atoms with Gasteiger partial charge in [0.2, 0.25) is 11.8 Å². The van der Waals surface area contributed by atoms with Crippen molar-refractivity contribution in [3.63, 3.8) is 0 Å². The summed E-state index contributed by atoms with van der Waals surface area (Å²) in [7, 11) is -2.62. The molecule has 0 N–H and O–H groups in total. The average Bonchev–Trinajstić information content (AvgIpc) is 2.91. The lowest BCUT2D eigenvalue weighted by Gasteiger charge is -2.29. The molecule has 2 unspecified atom stereocenters. The van der Waals surface area contributed by atoms with Crippen molar-refractivity contribution in [2.24, 2.45) is 0 Å². The molecule has 1 aromatic rings. The Kier molecular flexibility index (Phi) is 16.6. The summed E-state index contributed by atoms with van der Waals surface area (Å²) < 4.78 is 49.6. The largest absolute Gasteiger partial charge is 0.473 e. The summed E-state index contributed by atoms with van der Waals surface area (Å²) in [5, 5.41) is 0. The van der Waals surface area contributed by atoms with Crippen LogP contribution in [-0.2, 0) is 42.4 Å². The van der Waals surface area contributed by atoms with Crippen LogP contribution in [0.4, 0.5) is 30.9 Å². The summed E-state index contributed by atoms with van der Waals surface area (Å²) in [5.74, 6) is -2.35. The van der Waals surface area contributed by atoms with Gasteiger partial charge in [0.1, 0.15) is 35.6 Å². The minimum atomic E-state index is -2.01. The van der Waals surface area contributed by atoms with Gasteiger partial charge in [-0.15, -0.1) is 4.90 Å². The van der Waals surface area contributed by atoms with Crippen molar-refractivity contribution in [2.75, 3.05) is 29.2 Å². The molecule has 290 valence electrons. The predicted octanol–water partition coefficient (Wildman–Crippen LogP) is 7.21. The zero-order valence-corrected chi connectivity index (χ0v) is 33.7. The quantitative estimate of drug-likeness (QED) is 0.0674. The standard InChI is InChI=1S/C32H49N4O14P2/c1-20(38)44-17-21(14-15-52(43)51-46-19-37)18-45-23-16-22(35(25(39)47-29(2,3)4)26(40)48-30(5,6)7)33-24(34-23)36(27(41)49-31(8,9)10)28(42)50-32(11,12)13/h14,16,19,51H,15,17-18H2,1-13H3/q+1. The zero-order chi connectivity index (χ0) is 40.2. The Hall–Kier alpha value is -4.43. The van der Waals surface area contributed by atoms with Crippen LogP contribution < -0.4 is 14.5 Å². The van der Waals surface area contributed by atoms with Crippen molar-refractivity contribution in [3.8, 4) is 5.88 Å². The molecule has 0 bridgehead atoms. The third kappa shape index (κ3) is 18.2. The molecular formula is C32H49N4O14P2+. The van der Waals surface area contributed by atoms with E-state index < -0.39 is 93.0 Å². The lowest BCUT2D eigenvalue weighted by Crippen LogP contribution is -2.46. The van der Waals surface area contributed by atoms with E-state index in [1.807, 2.05) is 0 Å². The topological polar surface area (TPSA) is 216 Å². The Morgan fingerprint density at radius 3 is 1.58 bits per heavy atom. The second-order valence-electron chi connectivity index (χ2n) is 14.8. The number of ether oxygens (including phenoxy) is 6. The number of anilines is 2. The van der Waals surface area contributed by atoms with Gasteiger partial charge in [0.05, 0.1) is 0 Å². The molecule has 20 heteroatoms. The van der Waals surface area contributed by atoms with E-state index in [2.05, 4.69) is 14.5 Å². The third-order valence-electron chi connectivity index (χ3n) is 5.03.